The van der Waals surface area contributed by atoms with Crippen LogP contribution in [0.2, 0.25) is 0 Å². The number of fused-ring (bicyclic) bond motifs is 1. The Hall–Kier alpha value is -1.29. The van der Waals surface area contributed by atoms with Crippen molar-refractivity contribution in [2.75, 3.05) is 6.61 Å². The van der Waals surface area contributed by atoms with E-state index < -0.39 is 11.7 Å². The fourth-order valence-electron chi connectivity index (χ4n) is 1.69. The highest BCUT2D eigenvalue weighted by molar-refractivity contribution is 5.69. The van der Waals surface area contributed by atoms with E-state index in [1.54, 1.807) is 6.07 Å². The average molecular weight is 214 g/mol. The second-order valence-corrected chi connectivity index (χ2v) is 3.43. The van der Waals surface area contributed by atoms with Crippen molar-refractivity contribution in [3.05, 3.63) is 41.5 Å². The van der Waals surface area contributed by atoms with Gasteiger partial charge in [-0.15, -0.1) is 0 Å². The second-order valence-electron chi connectivity index (χ2n) is 3.43. The van der Waals surface area contributed by atoms with Gasteiger partial charge in [0.05, 0.1) is 18.8 Å². The summed E-state index contributed by atoms with van der Waals surface area (Å²) < 4.78 is 42.9. The summed E-state index contributed by atoms with van der Waals surface area (Å²) >= 11 is 0. The largest absolute Gasteiger partial charge is 0.416 e. The Balaban J connectivity index is 2.59. The van der Waals surface area contributed by atoms with Crippen LogP contribution in [0, 0.1) is 0 Å². The standard InChI is InChI=1S/C11H9F3O/c1-7-5-15-6-9-8(7)3-2-4-10(9)11(12,13)14/h2-4H,1,5-6H2. The molecule has 80 valence electrons. The third-order valence-corrected chi connectivity index (χ3v) is 2.39. The average Bonchev–Trinajstić information content (AvgIpc) is 2.16. The van der Waals surface area contributed by atoms with Crippen LogP contribution in [0.1, 0.15) is 16.7 Å². The third kappa shape index (κ3) is 1.77. The molecule has 0 spiro atoms. The van der Waals surface area contributed by atoms with E-state index in [9.17, 15) is 13.2 Å². The van der Waals surface area contributed by atoms with Gasteiger partial charge in [0.2, 0.25) is 0 Å². The first-order chi connectivity index (χ1) is 7.00. The SMILES string of the molecule is C=C1COCc2c1cccc2C(F)(F)F. The van der Waals surface area contributed by atoms with E-state index in [0.717, 1.165) is 6.07 Å². The van der Waals surface area contributed by atoms with Crippen molar-refractivity contribution in [3.63, 3.8) is 0 Å². The van der Waals surface area contributed by atoms with Crippen molar-refractivity contribution in [2.24, 2.45) is 0 Å². The summed E-state index contributed by atoms with van der Waals surface area (Å²) in [5, 5.41) is 0. The van der Waals surface area contributed by atoms with E-state index in [0.29, 0.717) is 17.7 Å². The summed E-state index contributed by atoms with van der Waals surface area (Å²) in [5.74, 6) is 0. The summed E-state index contributed by atoms with van der Waals surface area (Å²) in [7, 11) is 0. The molecular formula is C11H9F3O. The Kier molecular flexibility index (Phi) is 2.31. The van der Waals surface area contributed by atoms with Gasteiger partial charge in [-0.05, 0) is 22.8 Å². The lowest BCUT2D eigenvalue weighted by Gasteiger charge is -2.22. The van der Waals surface area contributed by atoms with Crippen molar-refractivity contribution in [2.45, 2.75) is 12.8 Å². The van der Waals surface area contributed by atoms with E-state index in [4.69, 9.17) is 4.74 Å². The Morgan fingerprint density at radius 1 is 1.20 bits per heavy atom. The van der Waals surface area contributed by atoms with E-state index in [-0.39, 0.29) is 12.2 Å². The molecule has 2 rings (SSSR count). The molecule has 0 saturated heterocycles. The van der Waals surface area contributed by atoms with E-state index in [2.05, 4.69) is 6.58 Å². The lowest BCUT2D eigenvalue weighted by Crippen LogP contribution is -2.16. The molecule has 0 N–H and O–H groups in total. The molecule has 0 saturated carbocycles. The number of benzene rings is 1. The van der Waals surface area contributed by atoms with E-state index in [1.165, 1.54) is 6.07 Å². The first-order valence-corrected chi connectivity index (χ1v) is 4.45. The summed E-state index contributed by atoms with van der Waals surface area (Å²) in [6.07, 6.45) is -4.33. The highest BCUT2D eigenvalue weighted by Crippen LogP contribution is 2.37. The maximum Gasteiger partial charge on any atom is 0.416 e. The van der Waals surface area contributed by atoms with Crippen LogP contribution in [-0.2, 0) is 17.5 Å². The quantitative estimate of drug-likeness (QED) is 0.644. The Morgan fingerprint density at radius 3 is 2.60 bits per heavy atom. The molecule has 1 aliphatic heterocycles. The number of alkyl halides is 3. The van der Waals surface area contributed by atoms with Gasteiger partial charge in [0.15, 0.2) is 0 Å². The number of hydrogen-bond acceptors (Lipinski definition) is 1. The molecule has 0 amide bonds. The van der Waals surface area contributed by atoms with Gasteiger partial charge >= 0.3 is 6.18 Å². The van der Waals surface area contributed by atoms with Crippen molar-refractivity contribution < 1.29 is 17.9 Å². The minimum Gasteiger partial charge on any atom is -0.372 e. The lowest BCUT2D eigenvalue weighted by atomic mass is 9.95. The second kappa shape index (κ2) is 3.38. The Labute approximate surface area is 85.2 Å². The van der Waals surface area contributed by atoms with Crippen LogP contribution in [0.4, 0.5) is 13.2 Å². The monoisotopic (exact) mass is 214 g/mol. The van der Waals surface area contributed by atoms with Crippen LogP contribution < -0.4 is 0 Å². The van der Waals surface area contributed by atoms with Gasteiger partial charge < -0.3 is 4.74 Å². The molecule has 0 fully saturated rings. The van der Waals surface area contributed by atoms with Gasteiger partial charge in [0.1, 0.15) is 0 Å². The van der Waals surface area contributed by atoms with Gasteiger partial charge in [-0.3, -0.25) is 0 Å². The number of hydrogen-bond donors (Lipinski definition) is 0. The molecule has 1 aromatic carbocycles. The van der Waals surface area contributed by atoms with Gasteiger partial charge in [-0.2, -0.15) is 13.2 Å². The predicted octanol–water partition coefficient (Wildman–Crippen LogP) is 3.25. The minimum atomic E-state index is -4.33. The zero-order valence-electron chi connectivity index (χ0n) is 7.90. The van der Waals surface area contributed by atoms with Crippen LogP contribution in [0.3, 0.4) is 0 Å². The van der Waals surface area contributed by atoms with Crippen molar-refractivity contribution in [1.82, 2.24) is 0 Å². The van der Waals surface area contributed by atoms with Crippen molar-refractivity contribution in [3.8, 4) is 0 Å². The molecule has 1 aliphatic rings. The molecular weight excluding hydrogens is 205 g/mol. The zero-order valence-corrected chi connectivity index (χ0v) is 7.90. The van der Waals surface area contributed by atoms with Crippen molar-refractivity contribution in [1.29, 1.82) is 0 Å². The highest BCUT2D eigenvalue weighted by atomic mass is 19.4. The molecule has 0 radical (unpaired) electrons. The van der Waals surface area contributed by atoms with E-state index >= 15 is 0 Å². The van der Waals surface area contributed by atoms with Crippen LogP contribution >= 0.6 is 0 Å². The molecule has 0 aliphatic carbocycles. The molecule has 1 nitrogen and oxygen atoms in total. The zero-order chi connectivity index (χ0) is 11.1. The summed E-state index contributed by atoms with van der Waals surface area (Å²) in [6, 6.07) is 4.12. The molecule has 1 heterocycles. The first-order valence-electron chi connectivity index (χ1n) is 4.45. The summed E-state index contributed by atoms with van der Waals surface area (Å²) in [4.78, 5) is 0. The molecule has 0 aromatic heterocycles. The molecule has 0 bridgehead atoms. The Morgan fingerprint density at radius 2 is 1.93 bits per heavy atom. The molecule has 15 heavy (non-hydrogen) atoms. The normalized spacial score (nSPS) is 16.3. The van der Waals surface area contributed by atoms with Crippen molar-refractivity contribution >= 4 is 5.57 Å². The van der Waals surface area contributed by atoms with Gasteiger partial charge in [-0.1, -0.05) is 18.7 Å². The minimum absolute atomic E-state index is 0.00400. The first kappa shape index (κ1) is 10.2. The van der Waals surface area contributed by atoms with E-state index in [1.807, 2.05) is 0 Å². The fourth-order valence-corrected chi connectivity index (χ4v) is 1.69. The number of halogens is 3. The van der Waals surface area contributed by atoms with Crippen LogP contribution in [-0.4, -0.2) is 6.61 Å². The van der Waals surface area contributed by atoms with Crippen LogP contribution in [0.5, 0.6) is 0 Å². The number of rotatable bonds is 0. The highest BCUT2D eigenvalue weighted by Gasteiger charge is 2.35. The fraction of sp³-hybridized carbons (Fsp3) is 0.273. The summed E-state index contributed by atoms with van der Waals surface area (Å²) in [6.45, 7) is 3.99. The number of ether oxygens (including phenoxy) is 1. The van der Waals surface area contributed by atoms with Crippen LogP contribution in [0.15, 0.2) is 24.8 Å². The molecule has 1 aromatic rings. The molecule has 0 atom stereocenters. The van der Waals surface area contributed by atoms with Crippen LogP contribution in [0.25, 0.3) is 5.57 Å². The maximum atomic E-state index is 12.6. The van der Waals surface area contributed by atoms with Gasteiger partial charge in [-0.25, -0.2) is 0 Å². The van der Waals surface area contributed by atoms with Gasteiger partial charge in [0.25, 0.3) is 0 Å². The smallest absolute Gasteiger partial charge is 0.372 e. The summed E-state index contributed by atoms with van der Waals surface area (Å²) in [5.41, 5.74) is 0.737. The maximum absolute atomic E-state index is 12.6. The third-order valence-electron chi connectivity index (χ3n) is 2.39. The lowest BCUT2D eigenvalue weighted by molar-refractivity contribution is -0.139. The topological polar surface area (TPSA) is 9.23 Å². The predicted molar refractivity (Wildman–Crippen MR) is 50.1 cm³/mol. The van der Waals surface area contributed by atoms with Gasteiger partial charge in [0, 0.05) is 0 Å². The molecule has 4 heteroatoms. The Bertz CT molecular complexity index is 407. The molecule has 0 unspecified atom stereocenters.